The summed E-state index contributed by atoms with van der Waals surface area (Å²) in [5.41, 5.74) is 2.33. The van der Waals surface area contributed by atoms with Gasteiger partial charge in [-0.15, -0.1) is 0 Å². The average Bonchev–Trinajstić information content (AvgIpc) is 2.63. The van der Waals surface area contributed by atoms with Crippen LogP contribution in [0.15, 0.2) is 17.0 Å². The monoisotopic (exact) mass is 425 g/mol. The Morgan fingerprint density at radius 2 is 1.72 bits per heavy atom. The van der Waals surface area contributed by atoms with Gasteiger partial charge in [-0.2, -0.15) is 4.31 Å². The molecule has 0 aromatic heterocycles. The molecule has 1 heterocycles. The quantitative estimate of drug-likeness (QED) is 0.667. The van der Waals surface area contributed by atoms with Gasteiger partial charge in [0.15, 0.2) is 0 Å². The smallest absolute Gasteiger partial charge is 0.309 e. The third-order valence-electron chi connectivity index (χ3n) is 4.64. The minimum atomic E-state index is -3.82. The van der Waals surface area contributed by atoms with Gasteiger partial charge < -0.3 is 15.4 Å². The first-order chi connectivity index (χ1) is 13.5. The van der Waals surface area contributed by atoms with Crippen LogP contribution in [0.25, 0.3) is 0 Å². The Hall–Kier alpha value is -1.97. The van der Waals surface area contributed by atoms with E-state index in [1.807, 2.05) is 32.9 Å². The van der Waals surface area contributed by atoms with E-state index in [9.17, 15) is 18.0 Å². The van der Waals surface area contributed by atoms with Gasteiger partial charge in [-0.25, -0.2) is 8.42 Å². The van der Waals surface area contributed by atoms with Crippen LogP contribution in [-0.2, 0) is 24.3 Å². The number of ether oxygens (including phenoxy) is 1. The zero-order chi connectivity index (χ0) is 21.8. The molecule has 0 saturated carbocycles. The molecule has 162 valence electrons. The highest BCUT2D eigenvalue weighted by Crippen LogP contribution is 2.28. The van der Waals surface area contributed by atoms with E-state index in [4.69, 9.17) is 4.74 Å². The van der Waals surface area contributed by atoms with Crippen molar-refractivity contribution in [2.24, 2.45) is 5.92 Å². The summed E-state index contributed by atoms with van der Waals surface area (Å²) in [7, 11) is -3.82. The lowest BCUT2D eigenvalue weighted by Gasteiger charge is -2.35. The van der Waals surface area contributed by atoms with E-state index in [0.717, 1.165) is 5.56 Å². The molecule has 29 heavy (non-hydrogen) atoms. The predicted molar refractivity (Wildman–Crippen MR) is 110 cm³/mol. The molecule has 1 atom stereocenters. The second kappa shape index (κ2) is 9.69. The van der Waals surface area contributed by atoms with Crippen LogP contribution in [-0.4, -0.2) is 57.0 Å². The minimum absolute atomic E-state index is 0.100. The maximum absolute atomic E-state index is 13.4. The molecule has 1 aliphatic rings. The molecule has 1 unspecified atom stereocenters. The molecule has 1 aromatic carbocycles. The highest BCUT2D eigenvalue weighted by Gasteiger charge is 2.36. The van der Waals surface area contributed by atoms with Crippen molar-refractivity contribution in [1.29, 1.82) is 0 Å². The number of nitrogens with zero attached hydrogens (tertiary/aromatic N) is 1. The van der Waals surface area contributed by atoms with Crippen molar-refractivity contribution in [3.63, 3.8) is 0 Å². The first kappa shape index (κ1) is 23.3. The minimum Gasteiger partial charge on any atom is -0.360 e. The van der Waals surface area contributed by atoms with E-state index in [-0.39, 0.29) is 23.9 Å². The second-order valence-corrected chi connectivity index (χ2v) is 9.66. The topological polar surface area (TPSA) is 105 Å². The zero-order valence-corrected chi connectivity index (χ0v) is 18.6. The molecule has 0 radical (unpaired) electrons. The summed E-state index contributed by atoms with van der Waals surface area (Å²) in [6.07, 6.45) is -0.307. The number of sulfonamides is 1. The van der Waals surface area contributed by atoms with Crippen LogP contribution in [0.3, 0.4) is 0 Å². The van der Waals surface area contributed by atoms with Crippen molar-refractivity contribution < 1.29 is 22.7 Å². The van der Waals surface area contributed by atoms with Crippen LogP contribution >= 0.6 is 0 Å². The van der Waals surface area contributed by atoms with Gasteiger partial charge in [-0.05, 0) is 44.2 Å². The van der Waals surface area contributed by atoms with Crippen molar-refractivity contribution in [2.45, 2.75) is 52.2 Å². The SMILES string of the molecule is Cc1cc(C)c(S(=O)(=O)N2CCCOC2CNC(=O)C(=O)NCC(C)C)c(C)c1. The van der Waals surface area contributed by atoms with Crippen LogP contribution in [0.5, 0.6) is 0 Å². The molecule has 1 fully saturated rings. The molecule has 0 spiro atoms. The van der Waals surface area contributed by atoms with Gasteiger partial charge in [0.1, 0.15) is 6.23 Å². The molecule has 1 aromatic rings. The number of aryl methyl sites for hydroxylation is 3. The van der Waals surface area contributed by atoms with Crippen LogP contribution in [0, 0.1) is 26.7 Å². The fourth-order valence-corrected chi connectivity index (χ4v) is 5.41. The highest BCUT2D eigenvalue weighted by atomic mass is 32.2. The maximum atomic E-state index is 13.4. The van der Waals surface area contributed by atoms with E-state index >= 15 is 0 Å². The summed E-state index contributed by atoms with van der Waals surface area (Å²) >= 11 is 0. The van der Waals surface area contributed by atoms with Gasteiger partial charge in [0, 0.05) is 13.1 Å². The van der Waals surface area contributed by atoms with Crippen molar-refractivity contribution in [2.75, 3.05) is 26.2 Å². The van der Waals surface area contributed by atoms with E-state index < -0.39 is 28.1 Å². The standard InChI is InChI=1S/C20H31N3O5S/c1-13(2)11-21-19(24)20(25)22-12-17-23(7-6-8-28-17)29(26,27)18-15(4)9-14(3)10-16(18)5/h9-10,13,17H,6-8,11-12H2,1-5H3,(H,21,24)(H,22,25). The predicted octanol–water partition coefficient (Wildman–Crippen LogP) is 1.24. The van der Waals surface area contributed by atoms with Gasteiger partial charge in [0.2, 0.25) is 10.0 Å². The first-order valence-electron chi connectivity index (χ1n) is 9.81. The number of hydrogen-bond donors (Lipinski definition) is 2. The Morgan fingerprint density at radius 3 is 2.31 bits per heavy atom. The second-order valence-electron chi connectivity index (χ2n) is 7.84. The molecule has 9 heteroatoms. The summed E-state index contributed by atoms with van der Waals surface area (Å²) in [5.74, 6) is -1.33. The lowest BCUT2D eigenvalue weighted by Crippen LogP contribution is -2.53. The number of benzene rings is 1. The Balaban J connectivity index is 2.15. The van der Waals surface area contributed by atoms with Crippen molar-refractivity contribution in [3.8, 4) is 0 Å². The van der Waals surface area contributed by atoms with Crippen LogP contribution in [0.4, 0.5) is 0 Å². The largest absolute Gasteiger partial charge is 0.360 e. The third-order valence-corrected chi connectivity index (χ3v) is 6.83. The molecule has 8 nitrogen and oxygen atoms in total. The van der Waals surface area contributed by atoms with Crippen LogP contribution in [0.2, 0.25) is 0 Å². The Morgan fingerprint density at radius 1 is 1.14 bits per heavy atom. The summed E-state index contributed by atoms with van der Waals surface area (Å²) in [5, 5.41) is 5.02. The normalized spacial score (nSPS) is 17.9. The maximum Gasteiger partial charge on any atom is 0.309 e. The molecular formula is C20H31N3O5S. The van der Waals surface area contributed by atoms with E-state index in [1.54, 1.807) is 13.8 Å². The Labute approximate surface area is 173 Å². The molecule has 2 rings (SSSR count). The number of nitrogens with one attached hydrogen (secondary N) is 2. The number of carbonyl (C=O) groups is 2. The lowest BCUT2D eigenvalue weighted by molar-refractivity contribution is -0.140. The lowest BCUT2D eigenvalue weighted by atomic mass is 10.1. The molecule has 0 aliphatic carbocycles. The van der Waals surface area contributed by atoms with Gasteiger partial charge in [0.05, 0.1) is 18.0 Å². The van der Waals surface area contributed by atoms with Crippen molar-refractivity contribution >= 4 is 21.8 Å². The number of hydrogen-bond acceptors (Lipinski definition) is 5. The van der Waals surface area contributed by atoms with Gasteiger partial charge in [-0.3, -0.25) is 9.59 Å². The number of amides is 2. The summed E-state index contributed by atoms with van der Waals surface area (Å²) in [6.45, 7) is 10.3. The fourth-order valence-electron chi connectivity index (χ4n) is 3.43. The van der Waals surface area contributed by atoms with Crippen LogP contribution < -0.4 is 10.6 Å². The number of carbonyl (C=O) groups excluding carboxylic acids is 2. The van der Waals surface area contributed by atoms with Gasteiger partial charge in [0.25, 0.3) is 0 Å². The molecule has 2 amide bonds. The Kier molecular flexibility index (Phi) is 7.79. The molecular weight excluding hydrogens is 394 g/mol. The summed E-state index contributed by atoms with van der Waals surface area (Å²) in [4.78, 5) is 24.1. The fraction of sp³-hybridized carbons (Fsp3) is 0.600. The van der Waals surface area contributed by atoms with E-state index in [2.05, 4.69) is 10.6 Å². The van der Waals surface area contributed by atoms with E-state index in [0.29, 0.717) is 30.7 Å². The summed E-state index contributed by atoms with van der Waals surface area (Å²) in [6, 6.07) is 3.67. The van der Waals surface area contributed by atoms with E-state index in [1.165, 1.54) is 4.31 Å². The molecule has 0 bridgehead atoms. The van der Waals surface area contributed by atoms with Crippen LogP contribution in [0.1, 0.15) is 37.0 Å². The highest BCUT2D eigenvalue weighted by molar-refractivity contribution is 7.89. The Bertz CT molecular complexity index is 844. The third kappa shape index (κ3) is 5.77. The van der Waals surface area contributed by atoms with Gasteiger partial charge in [-0.1, -0.05) is 31.5 Å². The average molecular weight is 426 g/mol. The summed E-state index contributed by atoms with van der Waals surface area (Å²) < 4.78 is 33.6. The van der Waals surface area contributed by atoms with Gasteiger partial charge >= 0.3 is 11.8 Å². The molecule has 1 aliphatic heterocycles. The van der Waals surface area contributed by atoms with Crippen molar-refractivity contribution in [3.05, 3.63) is 28.8 Å². The van der Waals surface area contributed by atoms with Crippen molar-refractivity contribution in [1.82, 2.24) is 14.9 Å². The first-order valence-corrected chi connectivity index (χ1v) is 11.3. The molecule has 1 saturated heterocycles. The number of rotatable bonds is 6. The molecule has 2 N–H and O–H groups in total. The zero-order valence-electron chi connectivity index (χ0n) is 17.7.